The first kappa shape index (κ1) is 20.2. The molecule has 0 aromatic carbocycles. The van der Waals surface area contributed by atoms with E-state index in [-0.39, 0.29) is 11.9 Å². The Balaban J connectivity index is 2.34. The predicted molar refractivity (Wildman–Crippen MR) is 96.5 cm³/mol. The monoisotopic (exact) mass is 323 g/mol. The van der Waals surface area contributed by atoms with E-state index in [1.165, 1.54) is 57.8 Å². The molecule has 0 aromatic rings. The SMILES string of the molecule is CCCCCCCCN1C(=O)CCC(=O)C1CCCCCCC. The number of unbranched alkanes of at least 4 members (excludes halogenated alkanes) is 9. The smallest absolute Gasteiger partial charge is 0.223 e. The molecule has 1 aliphatic rings. The van der Waals surface area contributed by atoms with Crippen molar-refractivity contribution in [3.8, 4) is 0 Å². The van der Waals surface area contributed by atoms with Crippen molar-refractivity contribution in [3.63, 3.8) is 0 Å². The highest BCUT2D eigenvalue weighted by Crippen LogP contribution is 2.21. The third-order valence-electron chi connectivity index (χ3n) is 4.99. The van der Waals surface area contributed by atoms with Crippen LogP contribution in [0.25, 0.3) is 0 Å². The molecule has 1 unspecified atom stereocenters. The lowest BCUT2D eigenvalue weighted by Gasteiger charge is -2.34. The van der Waals surface area contributed by atoms with Crippen LogP contribution in [0, 0.1) is 0 Å². The molecule has 0 saturated carbocycles. The van der Waals surface area contributed by atoms with Gasteiger partial charge < -0.3 is 4.90 Å². The summed E-state index contributed by atoms with van der Waals surface area (Å²) < 4.78 is 0. The van der Waals surface area contributed by atoms with Gasteiger partial charge in [0.15, 0.2) is 5.78 Å². The normalized spacial score (nSPS) is 18.7. The van der Waals surface area contributed by atoms with Crippen molar-refractivity contribution in [2.75, 3.05) is 6.54 Å². The zero-order chi connectivity index (χ0) is 16.9. The lowest BCUT2D eigenvalue weighted by atomic mass is 9.94. The maximum absolute atomic E-state index is 12.3. The minimum atomic E-state index is -0.117. The molecule has 3 nitrogen and oxygen atoms in total. The molecular formula is C20H37NO2. The van der Waals surface area contributed by atoms with Gasteiger partial charge in [0.25, 0.3) is 0 Å². The highest BCUT2D eigenvalue weighted by atomic mass is 16.2. The van der Waals surface area contributed by atoms with Crippen LogP contribution in [0.4, 0.5) is 0 Å². The Morgan fingerprint density at radius 1 is 0.783 bits per heavy atom. The minimum Gasteiger partial charge on any atom is -0.333 e. The van der Waals surface area contributed by atoms with Gasteiger partial charge in [-0.1, -0.05) is 78.1 Å². The first-order chi connectivity index (χ1) is 11.2. The van der Waals surface area contributed by atoms with Crippen LogP contribution in [0.5, 0.6) is 0 Å². The molecule has 0 aromatic heterocycles. The fraction of sp³-hybridized carbons (Fsp3) is 0.900. The number of ketones is 1. The Morgan fingerprint density at radius 3 is 2.00 bits per heavy atom. The Labute approximate surface area is 143 Å². The molecule has 3 heteroatoms. The summed E-state index contributed by atoms with van der Waals surface area (Å²) in [6, 6.07) is -0.117. The van der Waals surface area contributed by atoms with Crippen LogP contribution in [-0.4, -0.2) is 29.2 Å². The first-order valence-corrected chi connectivity index (χ1v) is 10.0. The van der Waals surface area contributed by atoms with Gasteiger partial charge in [0.2, 0.25) is 5.91 Å². The van der Waals surface area contributed by atoms with Gasteiger partial charge in [-0.3, -0.25) is 9.59 Å². The number of carbonyl (C=O) groups is 2. The van der Waals surface area contributed by atoms with E-state index in [4.69, 9.17) is 0 Å². The second-order valence-corrected chi connectivity index (χ2v) is 7.04. The zero-order valence-corrected chi connectivity index (χ0v) is 15.4. The summed E-state index contributed by atoms with van der Waals surface area (Å²) in [6.45, 7) is 5.23. The number of hydrogen-bond acceptors (Lipinski definition) is 2. The number of piperidine rings is 1. The highest BCUT2D eigenvalue weighted by Gasteiger charge is 2.33. The lowest BCUT2D eigenvalue weighted by Crippen LogP contribution is -2.49. The number of Topliss-reactive ketones (excluding diaryl/α,β-unsaturated/α-hetero) is 1. The molecule has 23 heavy (non-hydrogen) atoms. The summed E-state index contributed by atoms with van der Waals surface area (Å²) in [5.74, 6) is 0.503. The Kier molecular flexibility index (Phi) is 11.0. The van der Waals surface area contributed by atoms with Crippen LogP contribution >= 0.6 is 0 Å². The highest BCUT2D eigenvalue weighted by molar-refractivity contribution is 5.95. The number of hydrogen-bond donors (Lipinski definition) is 0. The van der Waals surface area contributed by atoms with Gasteiger partial charge in [-0.25, -0.2) is 0 Å². The summed E-state index contributed by atoms with van der Waals surface area (Å²) in [4.78, 5) is 26.4. The second-order valence-electron chi connectivity index (χ2n) is 7.04. The Bertz CT molecular complexity index is 341. The fourth-order valence-electron chi connectivity index (χ4n) is 3.49. The van der Waals surface area contributed by atoms with E-state index in [2.05, 4.69) is 13.8 Å². The predicted octanol–water partition coefficient (Wildman–Crippen LogP) is 5.27. The van der Waals surface area contributed by atoms with Crippen LogP contribution in [0.2, 0.25) is 0 Å². The molecule has 0 bridgehead atoms. The molecule has 1 atom stereocenters. The third kappa shape index (κ3) is 7.99. The van der Waals surface area contributed by atoms with Crippen molar-refractivity contribution < 1.29 is 9.59 Å². The van der Waals surface area contributed by atoms with Crippen LogP contribution < -0.4 is 0 Å². The molecule has 1 heterocycles. The lowest BCUT2D eigenvalue weighted by molar-refractivity contribution is -0.145. The molecule has 1 saturated heterocycles. The van der Waals surface area contributed by atoms with E-state index in [0.29, 0.717) is 18.6 Å². The van der Waals surface area contributed by atoms with Gasteiger partial charge in [0.05, 0.1) is 6.04 Å². The van der Waals surface area contributed by atoms with E-state index < -0.39 is 0 Å². The maximum Gasteiger partial charge on any atom is 0.223 e. The summed E-state index contributed by atoms with van der Waals surface area (Å²) in [7, 11) is 0. The summed E-state index contributed by atoms with van der Waals surface area (Å²) >= 11 is 0. The number of likely N-dealkylation sites (tertiary alicyclic amines) is 1. The minimum absolute atomic E-state index is 0.117. The van der Waals surface area contributed by atoms with Crippen molar-refractivity contribution in [3.05, 3.63) is 0 Å². The van der Waals surface area contributed by atoms with Gasteiger partial charge in [0, 0.05) is 19.4 Å². The molecule has 1 aliphatic heterocycles. The van der Waals surface area contributed by atoms with Crippen molar-refractivity contribution in [1.29, 1.82) is 0 Å². The second kappa shape index (κ2) is 12.5. The number of carbonyl (C=O) groups excluding carboxylic acids is 2. The summed E-state index contributed by atoms with van der Waals surface area (Å²) in [5.41, 5.74) is 0. The summed E-state index contributed by atoms with van der Waals surface area (Å²) in [6.07, 6.45) is 15.2. The number of nitrogens with zero attached hydrogens (tertiary/aromatic N) is 1. The molecule has 0 spiro atoms. The molecule has 1 amide bonds. The molecule has 0 radical (unpaired) electrons. The average molecular weight is 324 g/mol. The van der Waals surface area contributed by atoms with E-state index in [1.807, 2.05) is 4.90 Å². The van der Waals surface area contributed by atoms with Gasteiger partial charge in [0.1, 0.15) is 0 Å². The van der Waals surface area contributed by atoms with Gasteiger partial charge >= 0.3 is 0 Å². The van der Waals surface area contributed by atoms with Gasteiger partial charge in [-0.2, -0.15) is 0 Å². The summed E-state index contributed by atoms with van der Waals surface area (Å²) in [5, 5.41) is 0. The van der Waals surface area contributed by atoms with E-state index in [9.17, 15) is 9.59 Å². The van der Waals surface area contributed by atoms with E-state index in [1.54, 1.807) is 0 Å². The molecule has 134 valence electrons. The Morgan fingerprint density at radius 2 is 1.35 bits per heavy atom. The quantitative estimate of drug-likeness (QED) is 0.433. The molecule has 0 N–H and O–H groups in total. The van der Waals surface area contributed by atoms with Crippen LogP contribution in [-0.2, 0) is 9.59 Å². The molecule has 1 rings (SSSR count). The largest absolute Gasteiger partial charge is 0.333 e. The topological polar surface area (TPSA) is 37.4 Å². The average Bonchev–Trinajstić information content (AvgIpc) is 2.55. The van der Waals surface area contributed by atoms with Gasteiger partial charge in [-0.15, -0.1) is 0 Å². The number of rotatable bonds is 13. The van der Waals surface area contributed by atoms with Crippen molar-refractivity contribution in [2.45, 2.75) is 110 Å². The fourth-order valence-corrected chi connectivity index (χ4v) is 3.49. The van der Waals surface area contributed by atoms with Crippen LogP contribution in [0.15, 0.2) is 0 Å². The van der Waals surface area contributed by atoms with Gasteiger partial charge in [-0.05, 0) is 12.8 Å². The van der Waals surface area contributed by atoms with Crippen molar-refractivity contribution in [2.24, 2.45) is 0 Å². The van der Waals surface area contributed by atoms with E-state index in [0.717, 1.165) is 25.8 Å². The van der Waals surface area contributed by atoms with Crippen molar-refractivity contribution >= 4 is 11.7 Å². The molecule has 1 fully saturated rings. The molecule has 0 aliphatic carbocycles. The Hall–Kier alpha value is -0.860. The van der Waals surface area contributed by atoms with Crippen LogP contribution in [0.1, 0.15) is 104 Å². The standard InChI is InChI=1S/C20H37NO2/c1-3-5-7-9-11-13-17-21-18(14-12-10-8-6-4-2)19(22)15-16-20(21)23/h18H,3-17H2,1-2H3. The molecular weight excluding hydrogens is 286 g/mol. The zero-order valence-electron chi connectivity index (χ0n) is 15.4. The maximum atomic E-state index is 12.3. The van der Waals surface area contributed by atoms with Crippen molar-refractivity contribution in [1.82, 2.24) is 4.90 Å². The van der Waals surface area contributed by atoms with Crippen LogP contribution in [0.3, 0.4) is 0 Å². The first-order valence-electron chi connectivity index (χ1n) is 10.0. The van der Waals surface area contributed by atoms with E-state index >= 15 is 0 Å². The third-order valence-corrected chi connectivity index (χ3v) is 4.99. The number of amides is 1.